The number of hydrogen-bond donors (Lipinski definition) is 8. The van der Waals surface area contributed by atoms with E-state index < -0.39 is 54.4 Å². The van der Waals surface area contributed by atoms with Gasteiger partial charge in [-0.2, -0.15) is 25.3 Å². The summed E-state index contributed by atoms with van der Waals surface area (Å²) in [5.41, 5.74) is 4.94. The lowest BCUT2D eigenvalue weighted by Crippen LogP contribution is -2.49. The van der Waals surface area contributed by atoms with Gasteiger partial charge in [0, 0.05) is 24.3 Å². The van der Waals surface area contributed by atoms with Crippen molar-refractivity contribution in [2.75, 3.05) is 18.1 Å². The number of amides is 2. The molecule has 0 aliphatic rings. The van der Waals surface area contributed by atoms with E-state index in [1.54, 1.807) is 0 Å². The molecule has 0 aromatic carbocycles. The van der Waals surface area contributed by atoms with Crippen molar-refractivity contribution in [3.8, 4) is 0 Å². The van der Waals surface area contributed by atoms with Crippen molar-refractivity contribution in [1.29, 1.82) is 0 Å². The summed E-state index contributed by atoms with van der Waals surface area (Å²) >= 11 is 16.6. The summed E-state index contributed by atoms with van der Waals surface area (Å²) in [5.74, 6) is -4.63. The standard InChI is InChI=1S/C10H15N3O6S3.C3H7NO2S/c14-7(2-1-6(10(18)19)13(21)22)12-5(4-20)9(17)11-3-8(15)16;4-2(1-7)3(5)6/h5-6,20H,1-4H2,(H,11,17)(H,12,14)(H,15,16)(H,18,19);2,7H,1,4H2,(H,5,6)/t5-,6-;2-/m00/s1. The lowest BCUT2D eigenvalue weighted by atomic mass is 10.1. The second-order valence-electron chi connectivity index (χ2n) is 5.22. The number of nitrogens with one attached hydrogen (secondary N) is 2. The summed E-state index contributed by atoms with van der Waals surface area (Å²) in [6.07, 6.45) is -0.332. The first-order valence-electron chi connectivity index (χ1n) is 7.72. The van der Waals surface area contributed by atoms with Gasteiger partial charge in [-0.3, -0.25) is 19.2 Å². The van der Waals surface area contributed by atoms with Gasteiger partial charge in [0.25, 0.3) is 0 Å². The molecular weight excluding hydrogens is 468 g/mol. The maximum absolute atomic E-state index is 11.7. The van der Waals surface area contributed by atoms with Crippen LogP contribution in [0.25, 0.3) is 0 Å². The molecular formula is C13H22N4O8S4. The molecule has 0 heterocycles. The highest BCUT2D eigenvalue weighted by atomic mass is 32.2. The predicted molar refractivity (Wildman–Crippen MR) is 112 cm³/mol. The molecule has 166 valence electrons. The Morgan fingerprint density at radius 1 is 1.07 bits per heavy atom. The molecule has 0 spiro atoms. The molecule has 0 radical (unpaired) electrons. The normalized spacial score (nSPS) is 12.9. The first kappa shape index (κ1) is 29.5. The number of carbonyl (C=O) groups is 5. The number of carbonyl (C=O) groups excluding carboxylic acids is 2. The van der Waals surface area contributed by atoms with Gasteiger partial charge in [-0.15, -0.1) is 0 Å². The number of nitrogens with two attached hydrogens (primary N) is 1. The fraction of sp³-hybridized carbons (Fsp3) is 0.615. The van der Waals surface area contributed by atoms with Crippen LogP contribution in [0.1, 0.15) is 12.8 Å². The van der Waals surface area contributed by atoms with Crippen molar-refractivity contribution < 1.29 is 42.6 Å². The Morgan fingerprint density at radius 3 is 1.93 bits per heavy atom. The van der Waals surface area contributed by atoms with Gasteiger partial charge < -0.3 is 31.7 Å². The van der Waals surface area contributed by atoms with Crippen LogP contribution in [0.3, 0.4) is 0 Å². The molecule has 16 heteroatoms. The fourth-order valence-electron chi connectivity index (χ4n) is 1.41. The van der Waals surface area contributed by atoms with Crippen LogP contribution >= 0.6 is 25.3 Å². The highest BCUT2D eigenvalue weighted by Gasteiger charge is 2.26. The molecule has 0 aromatic rings. The third-order valence-electron chi connectivity index (χ3n) is 2.95. The molecule has 0 aliphatic heterocycles. The molecule has 3 atom stereocenters. The molecule has 0 unspecified atom stereocenters. The second kappa shape index (κ2) is 16.1. The van der Waals surface area contributed by atoms with Crippen molar-refractivity contribution >= 4 is 80.2 Å². The van der Waals surface area contributed by atoms with Crippen LogP contribution in [-0.4, -0.2) is 84.6 Å². The van der Waals surface area contributed by atoms with E-state index in [2.05, 4.69) is 61.1 Å². The molecule has 0 aliphatic carbocycles. The van der Waals surface area contributed by atoms with Crippen molar-refractivity contribution in [3.63, 3.8) is 0 Å². The lowest BCUT2D eigenvalue weighted by Gasteiger charge is -2.16. The zero-order valence-corrected chi connectivity index (χ0v) is 18.3. The van der Waals surface area contributed by atoms with E-state index in [-0.39, 0.29) is 24.3 Å². The van der Waals surface area contributed by atoms with Gasteiger partial charge in [0.05, 0.1) is 0 Å². The molecule has 12 nitrogen and oxygen atoms in total. The van der Waals surface area contributed by atoms with E-state index in [0.29, 0.717) is 3.35 Å². The number of aliphatic carboxylic acids is 3. The van der Waals surface area contributed by atoms with Gasteiger partial charge >= 0.3 is 17.9 Å². The Morgan fingerprint density at radius 2 is 1.62 bits per heavy atom. The minimum atomic E-state index is -1.25. The Hall–Kier alpha value is -1.75. The van der Waals surface area contributed by atoms with E-state index in [9.17, 15) is 24.0 Å². The predicted octanol–water partition coefficient (Wildman–Crippen LogP) is -2.63. The summed E-state index contributed by atoms with van der Waals surface area (Å²) in [4.78, 5) is 54.2. The molecule has 0 aromatic heterocycles. The second-order valence-corrected chi connectivity index (χ2v) is 6.97. The molecule has 2 amide bonds. The average Bonchev–Trinajstić information content (AvgIpc) is 2.63. The molecule has 0 fully saturated rings. The molecule has 0 saturated heterocycles. The quantitative estimate of drug-likeness (QED) is 0.0808. The number of nitrogens with zero attached hydrogens (tertiary/aromatic N) is 1. The van der Waals surface area contributed by atoms with Crippen LogP contribution in [0.4, 0.5) is 0 Å². The maximum Gasteiger partial charge on any atom is 0.372 e. The number of carboxylic acid groups (broad SMARTS) is 3. The van der Waals surface area contributed by atoms with Gasteiger partial charge in [-0.05, 0) is 0 Å². The summed E-state index contributed by atoms with van der Waals surface area (Å²) in [6, 6.07) is -3.02. The number of thiol groups is 2. The van der Waals surface area contributed by atoms with Gasteiger partial charge in [-0.1, -0.05) is 25.2 Å². The van der Waals surface area contributed by atoms with Crippen molar-refractivity contribution in [2.45, 2.75) is 31.0 Å². The van der Waals surface area contributed by atoms with Gasteiger partial charge in [0.15, 0.2) is 0 Å². The molecule has 0 rings (SSSR count). The third-order valence-corrected chi connectivity index (χ3v) is 4.21. The summed E-state index contributed by atoms with van der Waals surface area (Å²) in [5, 5.41) is 29.7. The Bertz CT molecular complexity index is 608. The van der Waals surface area contributed by atoms with Crippen LogP contribution < -0.4 is 16.4 Å². The number of carboxylic acids is 3. The summed E-state index contributed by atoms with van der Waals surface area (Å²) in [6.45, 7) is -0.582. The average molecular weight is 491 g/mol. The van der Waals surface area contributed by atoms with Gasteiger partial charge in [-0.25, -0.2) is 8.15 Å². The van der Waals surface area contributed by atoms with Crippen molar-refractivity contribution in [3.05, 3.63) is 0 Å². The summed E-state index contributed by atoms with van der Waals surface area (Å²) < 4.78 is 0.644. The Labute approximate surface area is 188 Å². The lowest BCUT2D eigenvalue weighted by molar-refractivity contribution is -0.357. The van der Waals surface area contributed by atoms with E-state index in [4.69, 9.17) is 21.1 Å². The van der Waals surface area contributed by atoms with Crippen LogP contribution in [0.15, 0.2) is 0 Å². The van der Waals surface area contributed by atoms with Crippen molar-refractivity contribution in [2.24, 2.45) is 5.73 Å². The Kier molecular flexibility index (Phi) is 16.3. The van der Waals surface area contributed by atoms with Gasteiger partial charge in [0.2, 0.25) is 17.9 Å². The molecule has 29 heavy (non-hydrogen) atoms. The Balaban J connectivity index is 0. The fourth-order valence-corrected chi connectivity index (χ4v) is 2.22. The van der Waals surface area contributed by atoms with Crippen LogP contribution in [0.5, 0.6) is 0 Å². The van der Waals surface area contributed by atoms with E-state index in [0.717, 1.165) is 0 Å². The molecule has 7 N–H and O–H groups in total. The number of rotatable bonds is 12. The van der Waals surface area contributed by atoms with E-state index in [1.807, 2.05) is 0 Å². The summed E-state index contributed by atoms with van der Waals surface area (Å²) in [7, 11) is 0. The van der Waals surface area contributed by atoms with Gasteiger partial charge in [0.1, 0.15) is 18.6 Å². The van der Waals surface area contributed by atoms with Crippen molar-refractivity contribution in [1.82, 2.24) is 10.6 Å². The molecule has 0 bridgehead atoms. The minimum absolute atomic E-state index is 0.0479. The van der Waals surface area contributed by atoms with Crippen LogP contribution in [0, 0.1) is 0 Å². The first-order chi connectivity index (χ1) is 13.4. The first-order valence-corrected chi connectivity index (χ1v) is 9.72. The molecule has 0 saturated carbocycles. The zero-order valence-electron chi connectivity index (χ0n) is 14.9. The SMILES string of the molecule is N[C@@H](CS)C(=O)O.O=C(O)CNC(=O)[C@H](CS)NC(=O)CC[C@@H](C(=O)O)[N+](=S)[S-]. The maximum atomic E-state index is 11.7. The third kappa shape index (κ3) is 14.8. The van der Waals surface area contributed by atoms with E-state index in [1.165, 1.54) is 0 Å². The highest BCUT2D eigenvalue weighted by molar-refractivity contribution is 7.80. The van der Waals surface area contributed by atoms with E-state index >= 15 is 0 Å². The largest absolute Gasteiger partial charge is 0.480 e. The number of hydrogen-bond acceptors (Lipinski definition) is 10. The smallest absolute Gasteiger partial charge is 0.372 e. The van der Waals surface area contributed by atoms with Crippen LogP contribution in [-0.2, 0) is 49.2 Å². The monoisotopic (exact) mass is 490 g/mol. The topological polar surface area (TPSA) is 199 Å². The zero-order chi connectivity index (χ0) is 23.1. The van der Waals surface area contributed by atoms with Crippen LogP contribution in [0.2, 0.25) is 0 Å². The highest BCUT2D eigenvalue weighted by Crippen LogP contribution is 2.02. The minimum Gasteiger partial charge on any atom is -0.480 e.